The maximum absolute atomic E-state index is 11.6. The predicted molar refractivity (Wildman–Crippen MR) is 83.3 cm³/mol. The first-order valence-corrected chi connectivity index (χ1v) is 7.03. The van der Waals surface area contributed by atoms with Crippen LogP contribution in [0.5, 0.6) is 0 Å². The Balaban J connectivity index is 0.00000220. The number of rotatable bonds is 7. The number of benzene rings is 1. The Hall–Kier alpha value is -1.14. The first kappa shape index (κ1) is 17.9. The second-order valence-electron chi connectivity index (χ2n) is 5.08. The molecule has 1 aromatic carbocycles. The molecule has 2 rings (SSSR count). The lowest BCUT2D eigenvalue weighted by Gasteiger charge is -2.14. The van der Waals surface area contributed by atoms with Crippen LogP contribution >= 0.6 is 12.4 Å². The van der Waals surface area contributed by atoms with E-state index in [1.165, 1.54) is 0 Å². The molecule has 1 aliphatic heterocycles. The number of amides is 1. The van der Waals surface area contributed by atoms with Crippen molar-refractivity contribution >= 4 is 18.3 Å². The molecule has 1 saturated heterocycles. The molecule has 1 fully saturated rings. The van der Waals surface area contributed by atoms with Crippen molar-refractivity contribution in [1.29, 1.82) is 0 Å². The van der Waals surface area contributed by atoms with E-state index < -0.39 is 0 Å². The summed E-state index contributed by atoms with van der Waals surface area (Å²) in [5.74, 6) is 0.0846. The molecule has 2 unspecified atom stereocenters. The van der Waals surface area contributed by atoms with Gasteiger partial charge in [0.05, 0.1) is 19.3 Å². The van der Waals surface area contributed by atoms with Crippen LogP contribution in [0.25, 0.3) is 0 Å². The molecule has 0 spiro atoms. The lowest BCUT2D eigenvalue weighted by molar-refractivity contribution is -0.122. The number of carbonyl (C=O) groups excluding carboxylic acids is 1. The van der Waals surface area contributed by atoms with Gasteiger partial charge in [-0.05, 0) is 5.56 Å². The summed E-state index contributed by atoms with van der Waals surface area (Å²) in [7, 11) is 0. The average Bonchev–Trinajstić information content (AvgIpc) is 2.88. The Morgan fingerprint density at radius 3 is 2.76 bits per heavy atom. The van der Waals surface area contributed by atoms with E-state index in [1.54, 1.807) is 0 Å². The molecular weight excluding hydrogens is 292 g/mol. The van der Waals surface area contributed by atoms with E-state index in [1.807, 2.05) is 30.3 Å². The summed E-state index contributed by atoms with van der Waals surface area (Å²) in [6, 6.07) is 9.88. The van der Waals surface area contributed by atoms with Gasteiger partial charge in [0.2, 0.25) is 5.91 Å². The molecule has 2 atom stereocenters. The summed E-state index contributed by atoms with van der Waals surface area (Å²) in [6.45, 7) is 2.82. The van der Waals surface area contributed by atoms with Crippen molar-refractivity contribution in [2.45, 2.75) is 19.1 Å². The van der Waals surface area contributed by atoms with E-state index in [4.69, 9.17) is 4.74 Å². The number of ether oxygens (including phenoxy) is 1. The van der Waals surface area contributed by atoms with Crippen molar-refractivity contribution in [3.05, 3.63) is 35.9 Å². The second-order valence-corrected chi connectivity index (χ2v) is 5.08. The second kappa shape index (κ2) is 9.73. The molecule has 0 saturated carbocycles. The van der Waals surface area contributed by atoms with Crippen LogP contribution in [0.1, 0.15) is 12.0 Å². The molecular formula is C15H23ClN2O3. The van der Waals surface area contributed by atoms with Crippen molar-refractivity contribution in [1.82, 2.24) is 10.6 Å². The number of β-amino-alcohol motifs (C(OH)–C–C–N with tert-alkyl or cyclic N) is 1. The van der Waals surface area contributed by atoms with Crippen LogP contribution < -0.4 is 10.6 Å². The molecule has 1 heterocycles. The summed E-state index contributed by atoms with van der Waals surface area (Å²) < 4.78 is 5.46. The average molecular weight is 315 g/mol. The van der Waals surface area contributed by atoms with Gasteiger partial charge in [-0.3, -0.25) is 4.79 Å². The highest BCUT2D eigenvalue weighted by Gasteiger charge is 2.24. The van der Waals surface area contributed by atoms with Crippen LogP contribution in [0.3, 0.4) is 0 Å². The normalized spacial score (nSPS) is 20.8. The van der Waals surface area contributed by atoms with Gasteiger partial charge in [0.1, 0.15) is 0 Å². The Morgan fingerprint density at radius 1 is 1.33 bits per heavy atom. The van der Waals surface area contributed by atoms with E-state index in [0.29, 0.717) is 32.7 Å². The van der Waals surface area contributed by atoms with Gasteiger partial charge in [-0.15, -0.1) is 12.4 Å². The highest BCUT2D eigenvalue weighted by molar-refractivity contribution is 5.85. The van der Waals surface area contributed by atoms with E-state index >= 15 is 0 Å². The Labute approximate surface area is 131 Å². The molecule has 0 aromatic heterocycles. The number of hydrogen-bond acceptors (Lipinski definition) is 4. The van der Waals surface area contributed by atoms with Gasteiger partial charge >= 0.3 is 0 Å². The van der Waals surface area contributed by atoms with Crippen LogP contribution in [0, 0.1) is 5.92 Å². The highest BCUT2D eigenvalue weighted by atomic mass is 35.5. The molecule has 0 bridgehead atoms. The van der Waals surface area contributed by atoms with Crippen LogP contribution in [-0.4, -0.2) is 43.4 Å². The molecule has 1 aliphatic rings. The predicted octanol–water partition coefficient (Wildman–Crippen LogP) is 0.712. The topological polar surface area (TPSA) is 70.6 Å². The molecule has 5 nitrogen and oxygen atoms in total. The molecule has 1 aromatic rings. The lowest BCUT2D eigenvalue weighted by atomic mass is 10.1. The monoisotopic (exact) mass is 314 g/mol. The highest BCUT2D eigenvalue weighted by Crippen LogP contribution is 2.07. The first-order valence-electron chi connectivity index (χ1n) is 7.03. The van der Waals surface area contributed by atoms with Gasteiger partial charge in [-0.25, -0.2) is 0 Å². The maximum Gasteiger partial charge on any atom is 0.222 e. The summed E-state index contributed by atoms with van der Waals surface area (Å²) in [5.41, 5.74) is 1.10. The number of hydrogen-bond donors (Lipinski definition) is 3. The van der Waals surface area contributed by atoms with E-state index in [2.05, 4.69) is 10.6 Å². The van der Waals surface area contributed by atoms with Crippen LogP contribution in [0.2, 0.25) is 0 Å². The lowest BCUT2D eigenvalue weighted by Crippen LogP contribution is -2.34. The molecule has 21 heavy (non-hydrogen) atoms. The maximum atomic E-state index is 11.6. The zero-order valence-corrected chi connectivity index (χ0v) is 12.8. The summed E-state index contributed by atoms with van der Waals surface area (Å²) in [6.07, 6.45) is -0.00655. The molecule has 6 heteroatoms. The Kier molecular flexibility index (Phi) is 8.30. The van der Waals surface area contributed by atoms with Gasteiger partial charge in [-0.2, -0.15) is 0 Å². The number of carbonyl (C=O) groups is 1. The van der Waals surface area contributed by atoms with Crippen molar-refractivity contribution < 1.29 is 14.6 Å². The molecule has 1 amide bonds. The fourth-order valence-electron chi connectivity index (χ4n) is 2.19. The van der Waals surface area contributed by atoms with Gasteiger partial charge in [0.25, 0.3) is 0 Å². The SMILES string of the molecule is Cl.O=C(CCOCc1ccccc1)NCC1CNCC1O. The van der Waals surface area contributed by atoms with Crippen LogP contribution in [0.15, 0.2) is 30.3 Å². The molecule has 3 N–H and O–H groups in total. The molecule has 118 valence electrons. The quantitative estimate of drug-likeness (QED) is 0.648. The zero-order valence-electron chi connectivity index (χ0n) is 12.0. The smallest absolute Gasteiger partial charge is 0.222 e. The van der Waals surface area contributed by atoms with Gasteiger partial charge in [0.15, 0.2) is 0 Å². The van der Waals surface area contributed by atoms with Crippen molar-refractivity contribution in [2.24, 2.45) is 5.92 Å². The minimum atomic E-state index is -0.357. The summed E-state index contributed by atoms with van der Waals surface area (Å²) in [5, 5.41) is 15.5. The number of nitrogens with one attached hydrogen (secondary N) is 2. The Bertz CT molecular complexity index is 417. The fourth-order valence-corrected chi connectivity index (χ4v) is 2.19. The number of aliphatic hydroxyl groups is 1. The third-order valence-corrected chi connectivity index (χ3v) is 3.45. The minimum Gasteiger partial charge on any atom is -0.391 e. The van der Waals surface area contributed by atoms with Crippen LogP contribution in [0.4, 0.5) is 0 Å². The van der Waals surface area contributed by atoms with E-state index in [0.717, 1.165) is 12.1 Å². The molecule has 0 aliphatic carbocycles. The summed E-state index contributed by atoms with van der Waals surface area (Å²) >= 11 is 0. The van der Waals surface area contributed by atoms with E-state index in [-0.39, 0.29) is 30.3 Å². The van der Waals surface area contributed by atoms with E-state index in [9.17, 15) is 9.90 Å². The minimum absolute atomic E-state index is 0. The van der Waals surface area contributed by atoms with Gasteiger partial charge < -0.3 is 20.5 Å². The number of aliphatic hydroxyl groups excluding tert-OH is 1. The third kappa shape index (κ3) is 6.44. The van der Waals surface area contributed by atoms with Gasteiger partial charge in [-0.1, -0.05) is 30.3 Å². The largest absolute Gasteiger partial charge is 0.391 e. The first-order chi connectivity index (χ1) is 9.75. The Morgan fingerprint density at radius 2 is 2.10 bits per heavy atom. The summed E-state index contributed by atoms with van der Waals surface area (Å²) in [4.78, 5) is 11.6. The van der Waals surface area contributed by atoms with Crippen LogP contribution in [-0.2, 0) is 16.1 Å². The van der Waals surface area contributed by atoms with Gasteiger partial charge in [0, 0.05) is 32.0 Å². The zero-order chi connectivity index (χ0) is 14.2. The fraction of sp³-hybridized carbons (Fsp3) is 0.533. The standard InChI is InChI=1S/C15H22N2O3.ClH/c18-14-10-16-8-13(14)9-17-15(19)6-7-20-11-12-4-2-1-3-5-12;/h1-5,13-14,16,18H,6-11H2,(H,17,19);1H. The number of halogens is 1. The van der Waals surface area contributed by atoms with Crippen molar-refractivity contribution in [3.63, 3.8) is 0 Å². The van der Waals surface area contributed by atoms with Crippen molar-refractivity contribution in [3.8, 4) is 0 Å². The van der Waals surface area contributed by atoms with Crippen molar-refractivity contribution in [2.75, 3.05) is 26.2 Å². The molecule has 0 radical (unpaired) electrons. The third-order valence-electron chi connectivity index (χ3n) is 3.45.